The first-order chi connectivity index (χ1) is 20.9. The molecule has 0 saturated heterocycles. The molecule has 7 aromatic rings. The van der Waals surface area contributed by atoms with E-state index in [-0.39, 0.29) is 54.1 Å². The predicted octanol–water partition coefficient (Wildman–Crippen LogP) is 1.30. The number of H-pyrrole nitrogens is 2. The first-order valence-corrected chi connectivity index (χ1v) is 15.3. The molecule has 1 aromatic heterocycles. The quantitative estimate of drug-likeness (QED) is 0.122. The lowest BCUT2D eigenvalue weighted by Crippen LogP contribution is -2.19. The van der Waals surface area contributed by atoms with Gasteiger partial charge in [-0.2, -0.15) is 37.2 Å². The zero-order chi connectivity index (χ0) is 31.3. The minimum Gasteiger partial charge on any atom is -0.350 e. The third-order valence-corrected chi connectivity index (χ3v) is 9.88. The second-order valence-electron chi connectivity index (χ2n) is 9.85. The highest BCUT2D eigenvalue weighted by atomic mass is 32.2. The van der Waals surface area contributed by atoms with Crippen LogP contribution in [-0.4, -0.2) is 26.8 Å². The Bertz CT molecular complexity index is 2720. The maximum absolute atomic E-state index is 13.8. The van der Waals surface area contributed by atoms with Gasteiger partial charge in [0.25, 0.3) is 0 Å². The first-order valence-electron chi connectivity index (χ1n) is 12.5. The molecule has 0 unspecified atom stereocenters. The van der Waals surface area contributed by atoms with Crippen LogP contribution in [0.1, 0.15) is 0 Å². The Kier molecular flexibility index (Phi) is 5.79. The molecule has 0 aliphatic carbocycles. The van der Waals surface area contributed by atoms with Gasteiger partial charge in [-0.15, -0.1) is 0 Å². The topological polar surface area (TPSA) is 239 Å². The van der Waals surface area contributed by atoms with E-state index in [1.165, 1.54) is 48.5 Å². The van der Waals surface area contributed by atoms with Crippen molar-refractivity contribution in [3.05, 3.63) is 102 Å². The van der Waals surface area contributed by atoms with Crippen LogP contribution >= 0.6 is 0 Å². The van der Waals surface area contributed by atoms with E-state index >= 15 is 0 Å². The summed E-state index contributed by atoms with van der Waals surface area (Å²) in [5.41, 5.74) is -4.32. The third kappa shape index (κ3) is 3.60. The number of fused-ring (bicyclic) bond motifs is 8. The molecule has 0 radical (unpaired) electrons. The molecule has 0 saturated carbocycles. The SMILES string of the molecule is NOS(=O)(=O)c1cc2c(=O)c3ccccc3c(=O)c2c2[nH]c3c(S(=O)(=O)ON)cc4c(=O)c5ccccc5c(=O)c4c3[nH]c12. The van der Waals surface area contributed by atoms with Crippen LogP contribution in [0, 0.1) is 0 Å². The summed E-state index contributed by atoms with van der Waals surface area (Å²) in [6.45, 7) is 0. The summed E-state index contributed by atoms with van der Waals surface area (Å²) in [7, 11) is -9.67. The van der Waals surface area contributed by atoms with Gasteiger partial charge >= 0.3 is 20.2 Å². The van der Waals surface area contributed by atoms with Crippen molar-refractivity contribution in [1.82, 2.24) is 9.97 Å². The molecule has 0 fully saturated rings. The van der Waals surface area contributed by atoms with Crippen LogP contribution in [0.15, 0.2) is 89.6 Å². The van der Waals surface area contributed by atoms with Crippen LogP contribution < -0.4 is 33.5 Å². The maximum Gasteiger partial charge on any atom is 0.314 e. The van der Waals surface area contributed by atoms with E-state index in [2.05, 4.69) is 18.5 Å². The molecule has 0 bridgehead atoms. The standard InChI is InChI=1S/C28H16N4O10S2/c29-41-43(37,38)17-9-15-19(27(35)13-7-3-1-5-11(13)25(15)33)23-21(17)32-24-20-16(10-18(22(24)31-23)44(39,40)42-30)26(34)12-6-2-4-8-14(12)28(20)36/h1-10,31-32H,29-30H2. The Balaban J connectivity index is 1.88. The average molecular weight is 633 g/mol. The van der Waals surface area contributed by atoms with Crippen molar-refractivity contribution >= 4 is 85.4 Å². The Morgan fingerprint density at radius 1 is 0.477 bits per heavy atom. The smallest absolute Gasteiger partial charge is 0.314 e. The molecule has 6 aromatic carbocycles. The lowest BCUT2D eigenvalue weighted by molar-refractivity contribution is 0.332. The van der Waals surface area contributed by atoms with E-state index in [0.717, 1.165) is 12.1 Å². The Hall–Kier alpha value is -5.10. The van der Waals surface area contributed by atoms with Crippen LogP contribution in [0.25, 0.3) is 65.2 Å². The van der Waals surface area contributed by atoms with Gasteiger partial charge in [0.2, 0.25) is 0 Å². The maximum atomic E-state index is 13.8. The molecule has 0 aliphatic rings. The fourth-order valence-corrected chi connectivity index (χ4v) is 7.25. The van der Waals surface area contributed by atoms with Crippen LogP contribution in [0.4, 0.5) is 0 Å². The van der Waals surface area contributed by atoms with Gasteiger partial charge in [0, 0.05) is 32.3 Å². The monoisotopic (exact) mass is 632 g/mol. The summed E-state index contributed by atoms with van der Waals surface area (Å²) in [5, 5.41) is -1.29. The predicted molar refractivity (Wildman–Crippen MR) is 161 cm³/mol. The van der Waals surface area contributed by atoms with E-state index in [9.17, 15) is 36.0 Å². The van der Waals surface area contributed by atoms with Crippen molar-refractivity contribution in [1.29, 1.82) is 0 Å². The second kappa shape index (κ2) is 9.20. The number of nitrogens with two attached hydrogens (primary N) is 2. The van der Waals surface area contributed by atoms with Crippen LogP contribution in [0.3, 0.4) is 0 Å². The van der Waals surface area contributed by atoms with Gasteiger partial charge in [0.1, 0.15) is 9.79 Å². The molecule has 1 heterocycles. The molecule has 0 spiro atoms. The van der Waals surface area contributed by atoms with Crippen molar-refractivity contribution in [2.24, 2.45) is 11.8 Å². The summed E-state index contributed by atoms with van der Waals surface area (Å²) in [5.74, 6) is 10.2. The summed E-state index contributed by atoms with van der Waals surface area (Å²) >= 11 is 0. The van der Waals surface area contributed by atoms with Crippen LogP contribution in [-0.2, 0) is 28.8 Å². The highest BCUT2D eigenvalue weighted by Crippen LogP contribution is 2.34. The fourth-order valence-electron chi connectivity index (χ4n) is 5.71. The molecule has 14 nitrogen and oxygen atoms in total. The zero-order valence-electron chi connectivity index (χ0n) is 21.8. The van der Waals surface area contributed by atoms with Gasteiger partial charge in [-0.1, -0.05) is 48.5 Å². The van der Waals surface area contributed by atoms with Gasteiger partial charge in [-0.3, -0.25) is 19.2 Å². The molecule has 44 heavy (non-hydrogen) atoms. The summed E-state index contributed by atoms with van der Waals surface area (Å²) < 4.78 is 60.8. The summed E-state index contributed by atoms with van der Waals surface area (Å²) in [6.07, 6.45) is 0. The van der Waals surface area contributed by atoms with Crippen molar-refractivity contribution < 1.29 is 25.4 Å². The largest absolute Gasteiger partial charge is 0.350 e. The van der Waals surface area contributed by atoms with Crippen LogP contribution in [0.2, 0.25) is 0 Å². The molecule has 7 rings (SSSR count). The number of aromatic nitrogens is 2. The van der Waals surface area contributed by atoms with Gasteiger partial charge in [-0.25, -0.2) is 0 Å². The van der Waals surface area contributed by atoms with Gasteiger partial charge in [-0.05, 0) is 12.1 Å². The van der Waals surface area contributed by atoms with Crippen molar-refractivity contribution in [3.63, 3.8) is 0 Å². The van der Waals surface area contributed by atoms with Gasteiger partial charge in [0.15, 0.2) is 21.7 Å². The third-order valence-electron chi connectivity index (χ3n) is 7.65. The number of nitrogens with one attached hydrogen (secondary N) is 2. The Morgan fingerprint density at radius 2 is 0.795 bits per heavy atom. The second-order valence-corrected chi connectivity index (χ2v) is 12.9. The number of benzene rings is 6. The minimum atomic E-state index is -4.83. The van der Waals surface area contributed by atoms with Gasteiger partial charge in [0.05, 0.1) is 32.8 Å². The first kappa shape index (κ1) is 27.7. The van der Waals surface area contributed by atoms with E-state index < -0.39 is 62.8 Å². The summed E-state index contributed by atoms with van der Waals surface area (Å²) in [6, 6.07) is 13.5. The van der Waals surface area contributed by atoms with E-state index in [4.69, 9.17) is 11.8 Å². The van der Waals surface area contributed by atoms with E-state index in [0.29, 0.717) is 0 Å². The highest BCUT2D eigenvalue weighted by Gasteiger charge is 2.28. The lowest BCUT2D eigenvalue weighted by atomic mass is 9.99. The highest BCUT2D eigenvalue weighted by molar-refractivity contribution is 7.87. The van der Waals surface area contributed by atoms with E-state index in [1.54, 1.807) is 0 Å². The number of aromatic amines is 2. The number of hydrogen-bond donors (Lipinski definition) is 4. The number of rotatable bonds is 4. The lowest BCUT2D eigenvalue weighted by Gasteiger charge is -2.15. The Morgan fingerprint density at radius 3 is 1.11 bits per heavy atom. The molecule has 6 N–H and O–H groups in total. The Labute approximate surface area is 243 Å². The molecule has 220 valence electrons. The van der Waals surface area contributed by atoms with Gasteiger partial charge < -0.3 is 9.97 Å². The molecule has 0 aliphatic heterocycles. The molecular formula is C28H16N4O10S2. The van der Waals surface area contributed by atoms with E-state index in [1.807, 2.05) is 0 Å². The van der Waals surface area contributed by atoms with Crippen LogP contribution in [0.5, 0.6) is 0 Å². The minimum absolute atomic E-state index is 0.00257. The normalized spacial score (nSPS) is 12.8. The molecule has 0 amide bonds. The van der Waals surface area contributed by atoms with Crippen molar-refractivity contribution in [3.8, 4) is 0 Å². The average Bonchev–Trinajstić information content (AvgIpc) is 3.03. The zero-order valence-corrected chi connectivity index (χ0v) is 23.5. The fraction of sp³-hybridized carbons (Fsp3) is 0. The number of hydrogen-bond acceptors (Lipinski definition) is 12. The van der Waals surface area contributed by atoms with Crippen molar-refractivity contribution in [2.75, 3.05) is 0 Å². The molecular weight excluding hydrogens is 616 g/mol. The summed E-state index contributed by atoms with van der Waals surface area (Å²) in [4.78, 5) is 58.6. The molecule has 16 heteroatoms. The van der Waals surface area contributed by atoms with Crippen molar-refractivity contribution in [2.45, 2.75) is 9.79 Å². The molecule has 0 atom stereocenters.